The van der Waals surface area contributed by atoms with Crippen molar-refractivity contribution in [3.05, 3.63) is 149 Å². The molecule has 4 aromatic rings. The van der Waals surface area contributed by atoms with E-state index in [-0.39, 0.29) is 11.8 Å². The van der Waals surface area contributed by atoms with E-state index >= 15 is 0 Å². The van der Waals surface area contributed by atoms with E-state index in [1.165, 1.54) is 16.7 Å². The quantitative estimate of drug-likeness (QED) is 0.390. The first-order valence-electron chi connectivity index (χ1n) is 10.9. The van der Waals surface area contributed by atoms with Crippen LogP contribution in [0.2, 0.25) is 0 Å². The molecule has 0 spiro atoms. The van der Waals surface area contributed by atoms with Crippen LogP contribution in [0, 0.1) is 11.8 Å². The van der Waals surface area contributed by atoms with Crippen LogP contribution in [-0.2, 0) is 12.0 Å². The molecule has 0 bridgehead atoms. The van der Waals surface area contributed by atoms with E-state index in [4.69, 9.17) is 0 Å². The molecule has 2 atom stereocenters. The molecule has 0 heterocycles. The van der Waals surface area contributed by atoms with Gasteiger partial charge >= 0.3 is 0 Å². The second-order valence-electron chi connectivity index (χ2n) is 8.33. The minimum Gasteiger partial charge on any atom is -0.380 e. The molecule has 0 aliphatic heterocycles. The average molecular weight is 403 g/mol. The summed E-state index contributed by atoms with van der Waals surface area (Å²) in [4.78, 5) is 0. The van der Waals surface area contributed by atoms with Crippen LogP contribution in [0.25, 0.3) is 6.08 Å². The maximum Gasteiger partial charge on any atom is 0.122 e. The van der Waals surface area contributed by atoms with Gasteiger partial charge in [-0.05, 0) is 34.6 Å². The fourth-order valence-electron chi connectivity index (χ4n) is 4.82. The summed E-state index contributed by atoms with van der Waals surface area (Å²) in [5.74, 6) is 0.311. The summed E-state index contributed by atoms with van der Waals surface area (Å²) < 4.78 is 0. The molecular weight excluding hydrogens is 376 g/mol. The van der Waals surface area contributed by atoms with E-state index in [1.54, 1.807) is 0 Å². The molecule has 1 nitrogen and oxygen atoms in total. The van der Waals surface area contributed by atoms with Gasteiger partial charge in [0.15, 0.2) is 0 Å². The van der Waals surface area contributed by atoms with Crippen LogP contribution in [0.5, 0.6) is 0 Å². The Morgan fingerprint density at radius 2 is 1.06 bits per heavy atom. The topological polar surface area (TPSA) is 20.2 Å². The fraction of sp³-hybridized carbons (Fsp3) is 0.133. The van der Waals surface area contributed by atoms with E-state index in [1.807, 2.05) is 66.7 Å². The summed E-state index contributed by atoms with van der Waals surface area (Å²) in [5.41, 5.74) is 4.62. The normalized spacial score (nSPS) is 19.3. The van der Waals surface area contributed by atoms with Crippen LogP contribution < -0.4 is 0 Å². The minimum atomic E-state index is -1.07. The molecule has 1 aliphatic carbocycles. The second-order valence-corrected chi connectivity index (χ2v) is 8.33. The molecule has 0 radical (unpaired) electrons. The Morgan fingerprint density at radius 3 is 1.58 bits per heavy atom. The largest absolute Gasteiger partial charge is 0.380 e. The summed E-state index contributed by atoms with van der Waals surface area (Å²) in [6.07, 6.45) is 3.20. The van der Waals surface area contributed by atoms with Gasteiger partial charge < -0.3 is 5.11 Å². The molecule has 0 unspecified atom stereocenters. The van der Waals surface area contributed by atoms with Gasteiger partial charge in [-0.15, -0.1) is 0 Å². The van der Waals surface area contributed by atoms with Crippen molar-refractivity contribution < 1.29 is 5.11 Å². The van der Waals surface area contributed by atoms with Crippen molar-refractivity contribution in [1.82, 2.24) is 0 Å². The van der Waals surface area contributed by atoms with Crippen LogP contribution in [0.1, 0.15) is 22.3 Å². The Morgan fingerprint density at radius 1 is 0.613 bits per heavy atom. The van der Waals surface area contributed by atoms with Crippen LogP contribution in [0.15, 0.2) is 127 Å². The first kappa shape index (κ1) is 19.5. The van der Waals surface area contributed by atoms with Crippen LogP contribution in [0.3, 0.4) is 0 Å². The third-order valence-electron chi connectivity index (χ3n) is 6.39. The van der Waals surface area contributed by atoms with Crippen molar-refractivity contribution in [2.75, 3.05) is 0 Å². The van der Waals surface area contributed by atoms with Crippen LogP contribution in [-0.4, -0.2) is 5.11 Å². The molecule has 4 aromatic carbocycles. The van der Waals surface area contributed by atoms with Crippen LogP contribution >= 0.6 is 0 Å². The zero-order valence-electron chi connectivity index (χ0n) is 17.4. The first-order valence-corrected chi connectivity index (χ1v) is 10.9. The smallest absolute Gasteiger partial charge is 0.122 e. The molecule has 1 aliphatic rings. The van der Waals surface area contributed by atoms with Gasteiger partial charge in [-0.25, -0.2) is 0 Å². The van der Waals surface area contributed by atoms with E-state index in [2.05, 4.69) is 60.7 Å². The minimum absolute atomic E-state index is 0.0257. The molecule has 5 rings (SSSR count). The highest BCUT2D eigenvalue weighted by atomic mass is 16.3. The monoisotopic (exact) mass is 402 g/mol. The van der Waals surface area contributed by atoms with Crippen molar-refractivity contribution in [3.63, 3.8) is 0 Å². The van der Waals surface area contributed by atoms with Gasteiger partial charge in [-0.3, -0.25) is 0 Å². The summed E-state index contributed by atoms with van der Waals surface area (Å²) >= 11 is 0. The number of rotatable bonds is 6. The fourth-order valence-corrected chi connectivity index (χ4v) is 4.82. The molecule has 31 heavy (non-hydrogen) atoms. The van der Waals surface area contributed by atoms with Crippen molar-refractivity contribution in [3.8, 4) is 0 Å². The van der Waals surface area contributed by atoms with Crippen molar-refractivity contribution in [2.45, 2.75) is 12.0 Å². The Labute approximate surface area is 184 Å². The lowest BCUT2D eigenvalue weighted by Crippen LogP contribution is -2.31. The van der Waals surface area contributed by atoms with E-state index < -0.39 is 5.60 Å². The predicted molar refractivity (Wildman–Crippen MR) is 127 cm³/mol. The van der Waals surface area contributed by atoms with Gasteiger partial charge in [0, 0.05) is 5.92 Å². The summed E-state index contributed by atoms with van der Waals surface area (Å²) in [7, 11) is 0. The van der Waals surface area contributed by atoms with Gasteiger partial charge in [-0.1, -0.05) is 133 Å². The molecule has 0 amide bonds. The highest BCUT2D eigenvalue weighted by molar-refractivity contribution is 5.62. The van der Waals surface area contributed by atoms with Gasteiger partial charge in [-0.2, -0.15) is 0 Å². The molecular formula is C30H26O. The van der Waals surface area contributed by atoms with Gasteiger partial charge in [0.2, 0.25) is 0 Å². The highest BCUT2D eigenvalue weighted by Gasteiger charge is 2.57. The molecule has 152 valence electrons. The standard InChI is InChI=1S/C30H26O/c31-30(25-17-9-3-10-18-25,26-19-11-4-12-20-26)29-27(21-23-13-5-1-6-14-23)28(29)22-24-15-7-2-8-16-24/h1-21,28-29,31H,22H2/b27-21+/t28-,29-/m1/s1. The zero-order valence-corrected chi connectivity index (χ0v) is 17.4. The molecule has 1 N–H and O–H groups in total. The average Bonchev–Trinajstić information content (AvgIpc) is 3.52. The molecule has 0 saturated heterocycles. The maximum absolute atomic E-state index is 12.3. The van der Waals surface area contributed by atoms with E-state index in [9.17, 15) is 5.11 Å². The van der Waals surface area contributed by atoms with Crippen molar-refractivity contribution in [1.29, 1.82) is 0 Å². The number of aliphatic hydroxyl groups is 1. The number of hydrogen-bond acceptors (Lipinski definition) is 1. The lowest BCUT2D eigenvalue weighted by atomic mass is 9.80. The van der Waals surface area contributed by atoms with Crippen molar-refractivity contribution >= 4 is 6.08 Å². The Hall–Kier alpha value is -3.42. The molecule has 0 aromatic heterocycles. The van der Waals surface area contributed by atoms with E-state index in [0.29, 0.717) is 0 Å². The Kier molecular flexibility index (Phi) is 5.28. The molecule has 1 fully saturated rings. The lowest BCUT2D eigenvalue weighted by Gasteiger charge is -2.30. The first-order chi connectivity index (χ1) is 15.3. The number of hydrogen-bond donors (Lipinski definition) is 1. The van der Waals surface area contributed by atoms with Gasteiger partial charge in [0.05, 0.1) is 0 Å². The van der Waals surface area contributed by atoms with Gasteiger partial charge in [0.1, 0.15) is 5.60 Å². The molecule has 1 saturated carbocycles. The summed E-state index contributed by atoms with van der Waals surface area (Å²) in [6, 6.07) is 41.3. The zero-order chi connectivity index (χ0) is 21.1. The maximum atomic E-state index is 12.3. The van der Waals surface area contributed by atoms with E-state index in [0.717, 1.165) is 17.5 Å². The predicted octanol–water partition coefficient (Wildman–Crippen LogP) is 6.49. The Balaban J connectivity index is 1.61. The summed E-state index contributed by atoms with van der Waals surface area (Å²) in [5, 5.41) is 12.3. The lowest BCUT2D eigenvalue weighted by molar-refractivity contribution is 0.0541. The molecule has 1 heteroatoms. The van der Waals surface area contributed by atoms with Crippen LogP contribution in [0.4, 0.5) is 0 Å². The van der Waals surface area contributed by atoms with Gasteiger partial charge in [0.25, 0.3) is 0 Å². The highest BCUT2D eigenvalue weighted by Crippen LogP contribution is 2.60. The summed E-state index contributed by atoms with van der Waals surface area (Å²) in [6.45, 7) is 0. The Bertz CT molecular complexity index is 1110. The third kappa shape index (κ3) is 3.85. The second kappa shape index (κ2) is 8.37. The SMILES string of the molecule is OC(c1ccccc1)(c1ccccc1)[C@@H]1/C(=C/c2ccccc2)[C@H]1Cc1ccccc1. The number of benzene rings is 4. The third-order valence-corrected chi connectivity index (χ3v) is 6.39. The van der Waals surface area contributed by atoms with Crippen molar-refractivity contribution in [2.24, 2.45) is 11.8 Å².